The number of carbonyl (C=O) groups is 1. The van der Waals surface area contributed by atoms with E-state index in [0.717, 1.165) is 16.8 Å². The Kier molecular flexibility index (Phi) is 2.72. The van der Waals surface area contributed by atoms with Gasteiger partial charge in [-0.2, -0.15) is 0 Å². The minimum Gasteiger partial charge on any atom is -0.399 e. The molecule has 0 spiro atoms. The molecule has 3 rings (SSSR count). The van der Waals surface area contributed by atoms with Gasteiger partial charge < -0.3 is 10.6 Å². The first-order valence-corrected chi connectivity index (χ1v) is 6.41. The van der Waals surface area contributed by atoms with Gasteiger partial charge in [0.15, 0.2) is 0 Å². The number of rotatable bonds is 1. The number of anilines is 2. The van der Waals surface area contributed by atoms with E-state index in [-0.39, 0.29) is 5.91 Å². The maximum atomic E-state index is 12.4. The summed E-state index contributed by atoms with van der Waals surface area (Å²) in [6.45, 7) is 2.48. The Morgan fingerprint density at radius 3 is 2.84 bits per heavy atom. The largest absolute Gasteiger partial charge is 0.399 e. The van der Waals surface area contributed by atoms with E-state index in [9.17, 15) is 4.79 Å². The van der Waals surface area contributed by atoms with E-state index < -0.39 is 0 Å². The minimum atomic E-state index is -0.0207. The van der Waals surface area contributed by atoms with Crippen LogP contribution in [0.15, 0.2) is 36.4 Å². The van der Waals surface area contributed by atoms with E-state index in [1.807, 2.05) is 37.3 Å². The quantitative estimate of drug-likeness (QED) is 0.809. The summed E-state index contributed by atoms with van der Waals surface area (Å²) in [5.41, 5.74) is 9.80. The standard InChI is InChI=1S/C15H13ClN2O/c1-9-13(16)3-2-4-14(9)18-8-10-5-6-11(17)7-12(10)15(18)19/h2-7H,8,17H2,1H3. The highest BCUT2D eigenvalue weighted by molar-refractivity contribution is 6.32. The average Bonchev–Trinajstić information content (AvgIpc) is 2.70. The first-order valence-electron chi connectivity index (χ1n) is 6.03. The van der Waals surface area contributed by atoms with E-state index in [4.69, 9.17) is 17.3 Å². The van der Waals surface area contributed by atoms with Crippen LogP contribution in [0, 0.1) is 6.92 Å². The summed E-state index contributed by atoms with van der Waals surface area (Å²) in [6, 6.07) is 11.1. The summed E-state index contributed by atoms with van der Waals surface area (Å²) in [4.78, 5) is 14.2. The third-order valence-corrected chi connectivity index (χ3v) is 3.88. The predicted molar refractivity (Wildman–Crippen MR) is 77.6 cm³/mol. The number of halogens is 1. The van der Waals surface area contributed by atoms with E-state index >= 15 is 0 Å². The zero-order valence-electron chi connectivity index (χ0n) is 10.5. The topological polar surface area (TPSA) is 46.3 Å². The molecule has 1 heterocycles. The molecule has 0 radical (unpaired) electrons. The number of nitrogen functional groups attached to an aromatic ring is 1. The van der Waals surface area contributed by atoms with Crippen LogP contribution in [-0.2, 0) is 6.54 Å². The Morgan fingerprint density at radius 2 is 2.05 bits per heavy atom. The zero-order chi connectivity index (χ0) is 13.6. The van der Waals surface area contributed by atoms with Crippen LogP contribution in [0.5, 0.6) is 0 Å². The summed E-state index contributed by atoms with van der Waals surface area (Å²) >= 11 is 6.12. The molecule has 2 N–H and O–H groups in total. The number of fused-ring (bicyclic) bond motifs is 1. The van der Waals surface area contributed by atoms with Crippen molar-refractivity contribution in [3.8, 4) is 0 Å². The number of amides is 1. The van der Waals surface area contributed by atoms with Crippen molar-refractivity contribution in [3.63, 3.8) is 0 Å². The monoisotopic (exact) mass is 272 g/mol. The van der Waals surface area contributed by atoms with Gasteiger partial charge in [0.1, 0.15) is 0 Å². The Hall–Kier alpha value is -2.00. The van der Waals surface area contributed by atoms with Crippen LogP contribution >= 0.6 is 11.6 Å². The van der Waals surface area contributed by atoms with Crippen molar-refractivity contribution in [1.29, 1.82) is 0 Å². The zero-order valence-corrected chi connectivity index (χ0v) is 11.2. The molecule has 1 aliphatic rings. The van der Waals surface area contributed by atoms with E-state index in [1.165, 1.54) is 0 Å². The van der Waals surface area contributed by atoms with Crippen molar-refractivity contribution >= 4 is 28.9 Å². The molecule has 0 saturated carbocycles. The van der Waals surface area contributed by atoms with E-state index in [1.54, 1.807) is 11.0 Å². The summed E-state index contributed by atoms with van der Waals surface area (Å²) in [5.74, 6) is -0.0207. The van der Waals surface area contributed by atoms with Crippen LogP contribution in [0.1, 0.15) is 21.5 Å². The highest BCUT2D eigenvalue weighted by atomic mass is 35.5. The van der Waals surface area contributed by atoms with E-state index in [2.05, 4.69) is 0 Å². The first kappa shape index (κ1) is 12.1. The SMILES string of the molecule is Cc1c(Cl)cccc1N1Cc2ccc(N)cc2C1=O. The maximum Gasteiger partial charge on any atom is 0.259 e. The second kappa shape index (κ2) is 4.28. The van der Waals surface area contributed by atoms with Gasteiger partial charge in [0.2, 0.25) is 0 Å². The van der Waals surface area contributed by atoms with Crippen molar-refractivity contribution in [2.24, 2.45) is 0 Å². The number of carbonyl (C=O) groups excluding carboxylic acids is 1. The highest BCUT2D eigenvalue weighted by Crippen LogP contribution is 2.33. The molecule has 0 saturated heterocycles. The van der Waals surface area contributed by atoms with Crippen LogP contribution in [0.4, 0.5) is 11.4 Å². The van der Waals surface area contributed by atoms with Crippen molar-refractivity contribution in [3.05, 3.63) is 58.1 Å². The molecule has 1 aliphatic heterocycles. The Bertz CT molecular complexity index is 682. The lowest BCUT2D eigenvalue weighted by atomic mass is 10.1. The Morgan fingerprint density at radius 1 is 1.26 bits per heavy atom. The fourth-order valence-corrected chi connectivity index (χ4v) is 2.57. The lowest BCUT2D eigenvalue weighted by Crippen LogP contribution is -2.23. The predicted octanol–water partition coefficient (Wildman–Crippen LogP) is 3.39. The summed E-state index contributed by atoms with van der Waals surface area (Å²) in [6.07, 6.45) is 0. The third-order valence-electron chi connectivity index (χ3n) is 3.47. The molecule has 19 heavy (non-hydrogen) atoms. The molecule has 3 nitrogen and oxygen atoms in total. The number of hydrogen-bond donors (Lipinski definition) is 1. The summed E-state index contributed by atoms with van der Waals surface area (Å²) in [7, 11) is 0. The van der Waals surface area contributed by atoms with E-state index in [0.29, 0.717) is 22.8 Å². The van der Waals surface area contributed by atoms with Crippen LogP contribution < -0.4 is 10.6 Å². The lowest BCUT2D eigenvalue weighted by molar-refractivity contribution is 0.0996. The number of nitrogens with two attached hydrogens (primary N) is 1. The smallest absolute Gasteiger partial charge is 0.259 e. The van der Waals surface area contributed by atoms with Crippen LogP contribution in [0.2, 0.25) is 5.02 Å². The molecule has 0 atom stereocenters. The number of hydrogen-bond acceptors (Lipinski definition) is 2. The molecule has 1 amide bonds. The molecular formula is C15H13ClN2O. The number of benzene rings is 2. The lowest BCUT2D eigenvalue weighted by Gasteiger charge is -2.18. The molecule has 0 bridgehead atoms. The van der Waals surface area contributed by atoms with Crippen molar-refractivity contribution in [2.45, 2.75) is 13.5 Å². The summed E-state index contributed by atoms with van der Waals surface area (Å²) in [5, 5.41) is 0.667. The fraction of sp³-hybridized carbons (Fsp3) is 0.133. The van der Waals surface area contributed by atoms with Gasteiger partial charge in [-0.25, -0.2) is 0 Å². The van der Waals surface area contributed by atoms with Gasteiger partial charge in [-0.15, -0.1) is 0 Å². The van der Waals surface area contributed by atoms with Gasteiger partial charge in [0.05, 0.1) is 6.54 Å². The molecule has 96 valence electrons. The maximum absolute atomic E-state index is 12.4. The van der Waals surface area contributed by atoms with Gasteiger partial charge in [-0.3, -0.25) is 4.79 Å². The fourth-order valence-electron chi connectivity index (χ4n) is 2.40. The Balaban J connectivity index is 2.07. The summed E-state index contributed by atoms with van der Waals surface area (Å²) < 4.78 is 0. The van der Waals surface area contributed by atoms with Crippen LogP contribution in [0.3, 0.4) is 0 Å². The molecule has 0 fully saturated rings. The Labute approximate surface area is 116 Å². The molecular weight excluding hydrogens is 260 g/mol. The molecule has 0 aliphatic carbocycles. The third kappa shape index (κ3) is 1.87. The molecule has 0 unspecified atom stereocenters. The second-order valence-corrected chi connectivity index (χ2v) is 5.10. The van der Waals surface area contributed by atoms with Crippen molar-refractivity contribution in [2.75, 3.05) is 10.6 Å². The molecule has 2 aromatic rings. The van der Waals surface area contributed by atoms with Crippen LogP contribution in [-0.4, -0.2) is 5.91 Å². The first-order chi connectivity index (χ1) is 9.08. The van der Waals surface area contributed by atoms with Gasteiger partial charge in [0, 0.05) is 22.0 Å². The number of nitrogens with zero attached hydrogens (tertiary/aromatic N) is 1. The molecule has 2 aromatic carbocycles. The highest BCUT2D eigenvalue weighted by Gasteiger charge is 2.29. The average molecular weight is 273 g/mol. The van der Waals surface area contributed by atoms with Crippen LogP contribution in [0.25, 0.3) is 0 Å². The van der Waals surface area contributed by atoms with Gasteiger partial charge >= 0.3 is 0 Å². The van der Waals surface area contributed by atoms with Gasteiger partial charge in [0.25, 0.3) is 5.91 Å². The van der Waals surface area contributed by atoms with Crippen molar-refractivity contribution in [1.82, 2.24) is 0 Å². The second-order valence-electron chi connectivity index (χ2n) is 4.69. The van der Waals surface area contributed by atoms with Gasteiger partial charge in [-0.1, -0.05) is 23.7 Å². The molecule has 4 heteroatoms. The normalized spacial score (nSPS) is 13.8. The minimum absolute atomic E-state index is 0.0207. The molecule has 0 aromatic heterocycles. The van der Waals surface area contributed by atoms with Crippen molar-refractivity contribution < 1.29 is 4.79 Å². The van der Waals surface area contributed by atoms with Gasteiger partial charge in [-0.05, 0) is 42.3 Å².